The summed E-state index contributed by atoms with van der Waals surface area (Å²) in [6.07, 6.45) is 1.72. The molecule has 2 amide bonds. The number of nitrogens with zero attached hydrogens (tertiary/aromatic N) is 3. The first-order chi connectivity index (χ1) is 21.7. The molecular formula is C32H33F3N6O4. The van der Waals surface area contributed by atoms with Crippen LogP contribution in [0.5, 0.6) is 0 Å². The third-order valence-corrected chi connectivity index (χ3v) is 7.41. The average molecular weight is 623 g/mol. The number of halogens is 3. The predicted molar refractivity (Wildman–Crippen MR) is 165 cm³/mol. The third kappa shape index (κ3) is 8.54. The summed E-state index contributed by atoms with van der Waals surface area (Å²) in [5.41, 5.74) is 7.38. The summed E-state index contributed by atoms with van der Waals surface area (Å²) >= 11 is 0. The van der Waals surface area contributed by atoms with Gasteiger partial charge in [-0.1, -0.05) is 24.3 Å². The topological polar surface area (TPSA) is 121 Å². The first-order valence-corrected chi connectivity index (χ1v) is 14.5. The van der Waals surface area contributed by atoms with Crippen LogP contribution >= 0.6 is 0 Å². The van der Waals surface area contributed by atoms with Crippen molar-refractivity contribution in [2.75, 3.05) is 47.2 Å². The molecular weight excluding hydrogens is 589 g/mol. The number of aliphatic carboxylic acids is 1. The zero-order chi connectivity index (χ0) is 31.8. The van der Waals surface area contributed by atoms with Gasteiger partial charge in [0.25, 0.3) is 0 Å². The van der Waals surface area contributed by atoms with Crippen molar-refractivity contribution >= 4 is 34.7 Å². The van der Waals surface area contributed by atoms with Crippen LogP contribution in [0, 0.1) is 0 Å². The van der Waals surface area contributed by atoms with E-state index in [0.717, 1.165) is 62.6 Å². The van der Waals surface area contributed by atoms with Crippen LogP contribution in [0.15, 0.2) is 85.2 Å². The summed E-state index contributed by atoms with van der Waals surface area (Å²) in [4.78, 5) is 23.6. The zero-order valence-corrected chi connectivity index (χ0v) is 24.3. The second-order valence-corrected chi connectivity index (χ2v) is 10.5. The molecule has 1 unspecified atom stereocenters. The smallest absolute Gasteiger partial charge is 0.475 e. The number of fused-ring (bicyclic) bond motifs is 1. The van der Waals surface area contributed by atoms with Crippen molar-refractivity contribution in [3.63, 3.8) is 0 Å². The molecule has 0 radical (unpaired) electrons. The molecule has 4 aromatic rings. The van der Waals surface area contributed by atoms with Crippen LogP contribution in [0.3, 0.4) is 0 Å². The molecule has 1 saturated heterocycles. The Balaban J connectivity index is 0.000000515. The summed E-state index contributed by atoms with van der Waals surface area (Å²) in [6, 6.07) is 24.6. The minimum Gasteiger partial charge on any atom is -0.475 e. The molecule has 2 aliphatic rings. The number of hydrogen-bond donors (Lipinski definition) is 4. The lowest BCUT2D eigenvalue weighted by Gasteiger charge is -2.30. The lowest BCUT2D eigenvalue weighted by molar-refractivity contribution is -0.192. The van der Waals surface area contributed by atoms with E-state index in [2.05, 4.69) is 68.4 Å². The van der Waals surface area contributed by atoms with Gasteiger partial charge in [0.1, 0.15) is 0 Å². The largest absolute Gasteiger partial charge is 0.490 e. The van der Waals surface area contributed by atoms with Crippen molar-refractivity contribution < 1.29 is 32.6 Å². The van der Waals surface area contributed by atoms with E-state index in [1.807, 2.05) is 36.5 Å². The first kappa shape index (κ1) is 31.4. The van der Waals surface area contributed by atoms with Crippen LogP contribution in [0.4, 0.5) is 40.7 Å². The van der Waals surface area contributed by atoms with Gasteiger partial charge in [-0.2, -0.15) is 18.3 Å². The number of aromatic nitrogens is 2. The number of amides is 2. The maximum Gasteiger partial charge on any atom is 0.490 e. The van der Waals surface area contributed by atoms with Crippen molar-refractivity contribution in [3.8, 4) is 5.69 Å². The van der Waals surface area contributed by atoms with Crippen LogP contribution in [-0.4, -0.2) is 59.4 Å². The van der Waals surface area contributed by atoms with Crippen molar-refractivity contribution in [2.24, 2.45) is 0 Å². The second-order valence-electron chi connectivity index (χ2n) is 10.5. The molecule has 6 rings (SSSR count). The summed E-state index contributed by atoms with van der Waals surface area (Å²) in [5, 5.41) is 21.1. The summed E-state index contributed by atoms with van der Waals surface area (Å²) < 4.78 is 39.0. The molecule has 1 aromatic heterocycles. The molecule has 45 heavy (non-hydrogen) atoms. The fourth-order valence-electron chi connectivity index (χ4n) is 5.21. The third-order valence-electron chi connectivity index (χ3n) is 7.41. The number of morpholine rings is 1. The van der Waals surface area contributed by atoms with Crippen LogP contribution in [0.2, 0.25) is 0 Å². The molecule has 13 heteroatoms. The number of ether oxygens (including phenoxy) is 1. The average Bonchev–Trinajstić information content (AvgIpc) is 3.50. The molecule has 3 aromatic carbocycles. The van der Waals surface area contributed by atoms with Crippen LogP contribution in [-0.2, 0) is 16.0 Å². The molecule has 236 valence electrons. The number of carbonyl (C=O) groups is 2. The number of hydrogen-bond acceptors (Lipinski definition) is 6. The fourth-order valence-corrected chi connectivity index (χ4v) is 5.21. The number of nitrogens with one attached hydrogen (secondary N) is 3. The molecule has 1 aliphatic carbocycles. The summed E-state index contributed by atoms with van der Waals surface area (Å²) in [6.45, 7) is 3.45. The van der Waals surface area contributed by atoms with E-state index in [-0.39, 0.29) is 12.1 Å². The Morgan fingerprint density at radius 1 is 0.889 bits per heavy atom. The van der Waals surface area contributed by atoms with Gasteiger partial charge in [-0.05, 0) is 78.9 Å². The molecule has 4 N–H and O–H groups in total. The van der Waals surface area contributed by atoms with E-state index in [1.165, 1.54) is 16.8 Å². The highest BCUT2D eigenvalue weighted by atomic mass is 19.4. The number of benzene rings is 3. The Morgan fingerprint density at radius 2 is 1.56 bits per heavy atom. The van der Waals surface area contributed by atoms with Gasteiger partial charge in [-0.15, -0.1) is 0 Å². The fraction of sp³-hybridized carbons (Fsp3) is 0.281. The summed E-state index contributed by atoms with van der Waals surface area (Å²) in [5.74, 6) is -2.76. The zero-order valence-electron chi connectivity index (χ0n) is 24.3. The number of aryl methyl sites for hydroxylation is 1. The molecule has 1 aliphatic heterocycles. The number of carboxylic acids is 1. The van der Waals surface area contributed by atoms with Gasteiger partial charge in [0.2, 0.25) is 0 Å². The van der Waals surface area contributed by atoms with Gasteiger partial charge >= 0.3 is 18.2 Å². The molecule has 0 bridgehead atoms. The number of para-hydroxylation sites is 1. The molecule has 1 fully saturated rings. The van der Waals surface area contributed by atoms with Crippen molar-refractivity contribution in [1.82, 2.24) is 9.78 Å². The van der Waals surface area contributed by atoms with Crippen molar-refractivity contribution in [3.05, 3.63) is 96.3 Å². The lowest BCUT2D eigenvalue weighted by atomic mass is 9.87. The monoisotopic (exact) mass is 622 g/mol. The molecule has 0 spiro atoms. The SMILES string of the molecule is O=C(Nc1ccccc1)Nc1cnn(-c2ccc3c(c2)C(Nc2ccc(N4CCOCC4)cc2)CCC3)c1.O=C(O)C(F)(F)F. The number of alkyl halides is 3. The Hall–Kier alpha value is -5.04. The minimum absolute atomic E-state index is 0.234. The van der Waals surface area contributed by atoms with Crippen LogP contribution < -0.4 is 20.9 Å². The molecule has 10 nitrogen and oxygen atoms in total. The molecule has 1 atom stereocenters. The van der Waals surface area contributed by atoms with E-state index in [4.69, 9.17) is 14.6 Å². The normalized spacial score (nSPS) is 16.1. The number of rotatable bonds is 6. The second kappa shape index (κ2) is 14.2. The highest BCUT2D eigenvalue weighted by molar-refractivity contribution is 5.99. The van der Waals surface area contributed by atoms with Gasteiger partial charge in [0.15, 0.2) is 0 Å². The Labute approximate surface area is 257 Å². The van der Waals surface area contributed by atoms with E-state index in [0.29, 0.717) is 5.69 Å². The van der Waals surface area contributed by atoms with Gasteiger partial charge in [0.05, 0.1) is 43.0 Å². The lowest BCUT2D eigenvalue weighted by Crippen LogP contribution is -2.36. The van der Waals surface area contributed by atoms with E-state index >= 15 is 0 Å². The Morgan fingerprint density at radius 3 is 2.24 bits per heavy atom. The first-order valence-electron chi connectivity index (χ1n) is 14.5. The number of urea groups is 1. The number of carboxylic acid groups (broad SMARTS) is 1. The van der Waals surface area contributed by atoms with Gasteiger partial charge in [-0.25, -0.2) is 14.3 Å². The molecule has 0 saturated carbocycles. The summed E-state index contributed by atoms with van der Waals surface area (Å²) in [7, 11) is 0. The predicted octanol–water partition coefficient (Wildman–Crippen LogP) is 6.48. The quantitative estimate of drug-likeness (QED) is 0.194. The van der Waals surface area contributed by atoms with E-state index in [9.17, 15) is 18.0 Å². The van der Waals surface area contributed by atoms with Gasteiger partial charge in [0, 0.05) is 30.2 Å². The van der Waals surface area contributed by atoms with Crippen molar-refractivity contribution in [2.45, 2.75) is 31.5 Å². The molecule has 2 heterocycles. The number of carbonyl (C=O) groups excluding carboxylic acids is 1. The minimum atomic E-state index is -5.08. The van der Waals surface area contributed by atoms with Gasteiger partial charge in [-0.3, -0.25) is 0 Å². The maximum atomic E-state index is 12.4. The van der Waals surface area contributed by atoms with E-state index in [1.54, 1.807) is 10.9 Å². The highest BCUT2D eigenvalue weighted by Crippen LogP contribution is 2.34. The number of anilines is 4. The Bertz CT molecular complexity index is 1590. The van der Waals surface area contributed by atoms with Crippen molar-refractivity contribution in [1.29, 1.82) is 0 Å². The highest BCUT2D eigenvalue weighted by Gasteiger charge is 2.38. The maximum absolute atomic E-state index is 12.4. The van der Waals surface area contributed by atoms with Crippen LogP contribution in [0.25, 0.3) is 5.69 Å². The van der Waals surface area contributed by atoms with E-state index < -0.39 is 12.1 Å². The van der Waals surface area contributed by atoms with Crippen LogP contribution in [0.1, 0.15) is 30.0 Å². The standard InChI is InChI=1S/C30H32N6O2.C2HF3O2/c37-30(33-23-6-2-1-3-7-23)34-25-20-31-36(21-25)27-12-9-22-5-4-8-29(28(22)19-27)32-24-10-13-26(14-11-24)35-15-17-38-18-16-35;3-2(4,5)1(6)7/h1-3,6-7,9-14,19-21,29,32H,4-5,8,15-18H2,(H2,33,34,37);(H,6,7). The van der Waals surface area contributed by atoms with Gasteiger partial charge < -0.3 is 30.7 Å². The Kier molecular flexibility index (Phi) is 9.88.